The van der Waals surface area contributed by atoms with Crippen LogP contribution in [-0.2, 0) is 19.1 Å². The molecule has 0 radical (unpaired) electrons. The van der Waals surface area contributed by atoms with Crippen molar-refractivity contribution in [1.82, 2.24) is 0 Å². The van der Waals surface area contributed by atoms with E-state index in [1.165, 1.54) is 20.3 Å². The Morgan fingerprint density at radius 2 is 1.70 bits per heavy atom. The van der Waals surface area contributed by atoms with E-state index >= 15 is 0 Å². The van der Waals surface area contributed by atoms with Crippen LogP contribution in [0.15, 0.2) is 53.9 Å². The summed E-state index contributed by atoms with van der Waals surface area (Å²) in [7, 11) is 2.55. The minimum absolute atomic E-state index is 0.0806. The minimum Gasteiger partial charge on any atom is -0.465 e. The fourth-order valence-corrected chi connectivity index (χ4v) is 3.43. The highest BCUT2D eigenvalue weighted by Crippen LogP contribution is 2.38. The molecule has 27 heavy (non-hydrogen) atoms. The molecule has 0 amide bonds. The Labute approximate surface area is 163 Å². The SMILES string of the molecule is COC(=O)C1=C(C(=O)OC)N(c2cc(Cl)ccc2N2CCCC2)C=CC=C1. The molecule has 1 aromatic rings. The highest BCUT2D eigenvalue weighted by molar-refractivity contribution is 6.31. The Morgan fingerprint density at radius 3 is 2.37 bits per heavy atom. The molecule has 2 heterocycles. The first kappa shape index (κ1) is 19.0. The number of nitrogens with zero attached hydrogens (tertiary/aromatic N) is 2. The van der Waals surface area contributed by atoms with Crippen molar-refractivity contribution in [3.63, 3.8) is 0 Å². The van der Waals surface area contributed by atoms with Crippen LogP contribution in [0.25, 0.3) is 0 Å². The van der Waals surface area contributed by atoms with E-state index in [2.05, 4.69) is 4.90 Å². The van der Waals surface area contributed by atoms with Crippen LogP contribution in [0.5, 0.6) is 0 Å². The molecule has 6 nitrogen and oxygen atoms in total. The minimum atomic E-state index is -0.640. The second-order valence-corrected chi connectivity index (χ2v) is 6.58. The zero-order chi connectivity index (χ0) is 19.4. The lowest BCUT2D eigenvalue weighted by Gasteiger charge is -2.29. The smallest absolute Gasteiger partial charge is 0.355 e. The number of ether oxygens (including phenoxy) is 2. The first-order chi connectivity index (χ1) is 13.1. The number of allylic oxidation sites excluding steroid dienone is 2. The van der Waals surface area contributed by atoms with E-state index in [-0.39, 0.29) is 11.3 Å². The monoisotopic (exact) mass is 388 g/mol. The Kier molecular flexibility index (Phi) is 5.86. The number of hydrogen-bond acceptors (Lipinski definition) is 6. The van der Waals surface area contributed by atoms with Gasteiger partial charge < -0.3 is 19.3 Å². The number of benzene rings is 1. The van der Waals surface area contributed by atoms with Crippen molar-refractivity contribution in [2.45, 2.75) is 12.8 Å². The standard InChI is InChI=1S/C20H21ClN2O4/c1-26-19(24)15-7-3-4-12-23(18(15)20(25)27-2)17-13-14(21)8-9-16(17)22-10-5-6-11-22/h3-4,7-9,12-13H,5-6,10-11H2,1-2H3. The molecule has 1 fully saturated rings. The summed E-state index contributed by atoms with van der Waals surface area (Å²) in [5.74, 6) is -1.26. The van der Waals surface area contributed by atoms with E-state index in [4.69, 9.17) is 21.1 Å². The molecular formula is C20H21ClN2O4. The van der Waals surface area contributed by atoms with Gasteiger partial charge in [0, 0.05) is 24.3 Å². The Balaban J connectivity index is 2.20. The van der Waals surface area contributed by atoms with Gasteiger partial charge >= 0.3 is 11.9 Å². The molecule has 2 aliphatic heterocycles. The summed E-state index contributed by atoms with van der Waals surface area (Å²) in [5.41, 5.74) is 1.83. The van der Waals surface area contributed by atoms with Gasteiger partial charge in [-0.25, -0.2) is 9.59 Å². The van der Waals surface area contributed by atoms with Crippen LogP contribution in [0.2, 0.25) is 5.02 Å². The predicted octanol–water partition coefficient (Wildman–Crippen LogP) is 3.43. The number of carbonyl (C=O) groups is 2. The summed E-state index contributed by atoms with van der Waals surface area (Å²) in [6.45, 7) is 1.84. The molecule has 0 unspecified atom stereocenters. The van der Waals surface area contributed by atoms with Crippen molar-refractivity contribution >= 4 is 34.9 Å². The molecule has 2 aliphatic rings. The topological polar surface area (TPSA) is 59.1 Å². The highest BCUT2D eigenvalue weighted by atomic mass is 35.5. The molecule has 0 N–H and O–H groups in total. The van der Waals surface area contributed by atoms with Crippen molar-refractivity contribution in [2.24, 2.45) is 0 Å². The first-order valence-electron chi connectivity index (χ1n) is 8.66. The normalized spacial score (nSPS) is 16.6. The van der Waals surface area contributed by atoms with Crippen molar-refractivity contribution < 1.29 is 19.1 Å². The van der Waals surface area contributed by atoms with E-state index in [0.29, 0.717) is 10.7 Å². The molecule has 1 saturated heterocycles. The van der Waals surface area contributed by atoms with Gasteiger partial charge in [-0.15, -0.1) is 0 Å². The summed E-state index contributed by atoms with van der Waals surface area (Å²) in [4.78, 5) is 28.8. The molecule has 0 aromatic heterocycles. The van der Waals surface area contributed by atoms with E-state index < -0.39 is 11.9 Å². The average Bonchev–Trinajstić information content (AvgIpc) is 3.12. The van der Waals surface area contributed by atoms with E-state index in [9.17, 15) is 9.59 Å². The van der Waals surface area contributed by atoms with Crippen molar-refractivity contribution in [2.75, 3.05) is 37.1 Å². The second kappa shape index (κ2) is 8.31. The summed E-state index contributed by atoms with van der Waals surface area (Å²) in [6.07, 6.45) is 8.88. The van der Waals surface area contributed by atoms with Crippen LogP contribution in [0.1, 0.15) is 12.8 Å². The summed E-state index contributed by atoms with van der Waals surface area (Å²) in [5, 5.41) is 0.530. The van der Waals surface area contributed by atoms with Crippen LogP contribution < -0.4 is 9.80 Å². The van der Waals surface area contributed by atoms with Crippen LogP contribution in [0.3, 0.4) is 0 Å². The van der Waals surface area contributed by atoms with Crippen LogP contribution >= 0.6 is 11.6 Å². The number of hydrogen-bond donors (Lipinski definition) is 0. The maximum atomic E-state index is 12.6. The maximum absolute atomic E-state index is 12.6. The predicted molar refractivity (Wildman–Crippen MR) is 105 cm³/mol. The molecule has 0 atom stereocenters. The Hall–Kier alpha value is -2.73. The molecule has 0 saturated carbocycles. The lowest BCUT2D eigenvalue weighted by Crippen LogP contribution is -2.29. The van der Waals surface area contributed by atoms with E-state index in [1.54, 1.807) is 29.3 Å². The number of esters is 2. The number of anilines is 2. The number of methoxy groups -OCH3 is 2. The maximum Gasteiger partial charge on any atom is 0.355 e. The number of rotatable bonds is 4. The quantitative estimate of drug-likeness (QED) is 0.736. The molecular weight excluding hydrogens is 368 g/mol. The van der Waals surface area contributed by atoms with Gasteiger partial charge in [0.1, 0.15) is 5.70 Å². The van der Waals surface area contributed by atoms with Crippen molar-refractivity contribution in [3.05, 3.63) is 58.9 Å². The highest BCUT2D eigenvalue weighted by Gasteiger charge is 2.30. The van der Waals surface area contributed by atoms with Crippen LogP contribution in [-0.4, -0.2) is 39.2 Å². The molecule has 142 valence electrons. The molecule has 7 heteroatoms. The Morgan fingerprint density at radius 1 is 1.00 bits per heavy atom. The largest absolute Gasteiger partial charge is 0.465 e. The zero-order valence-electron chi connectivity index (χ0n) is 15.3. The number of carbonyl (C=O) groups excluding carboxylic acids is 2. The lowest BCUT2D eigenvalue weighted by molar-refractivity contribution is -0.139. The lowest BCUT2D eigenvalue weighted by atomic mass is 10.1. The average molecular weight is 389 g/mol. The van der Waals surface area contributed by atoms with Crippen molar-refractivity contribution in [3.8, 4) is 0 Å². The van der Waals surface area contributed by atoms with Gasteiger partial charge in [0.05, 0.1) is 31.2 Å². The molecule has 3 rings (SSSR count). The molecule has 0 spiro atoms. The molecule has 0 aliphatic carbocycles. The molecule has 1 aromatic carbocycles. The fraction of sp³-hybridized carbons (Fsp3) is 0.300. The van der Waals surface area contributed by atoms with Gasteiger partial charge in [-0.3, -0.25) is 0 Å². The third-order valence-electron chi connectivity index (χ3n) is 4.53. The third kappa shape index (κ3) is 3.85. The van der Waals surface area contributed by atoms with Crippen molar-refractivity contribution in [1.29, 1.82) is 0 Å². The second-order valence-electron chi connectivity index (χ2n) is 6.14. The van der Waals surface area contributed by atoms with Crippen LogP contribution in [0.4, 0.5) is 11.4 Å². The third-order valence-corrected chi connectivity index (χ3v) is 4.77. The van der Waals surface area contributed by atoms with Gasteiger partial charge in [-0.2, -0.15) is 0 Å². The fourth-order valence-electron chi connectivity index (χ4n) is 3.27. The summed E-state index contributed by atoms with van der Waals surface area (Å²) in [6, 6.07) is 5.53. The first-order valence-corrected chi connectivity index (χ1v) is 9.04. The number of halogens is 1. The van der Waals surface area contributed by atoms with Gasteiger partial charge in [-0.1, -0.05) is 17.7 Å². The van der Waals surface area contributed by atoms with Gasteiger partial charge in [-0.05, 0) is 43.2 Å². The zero-order valence-corrected chi connectivity index (χ0v) is 16.0. The van der Waals surface area contributed by atoms with E-state index in [1.807, 2.05) is 12.1 Å². The summed E-state index contributed by atoms with van der Waals surface area (Å²) >= 11 is 6.26. The van der Waals surface area contributed by atoms with E-state index in [0.717, 1.165) is 31.6 Å². The van der Waals surface area contributed by atoms with Gasteiger partial charge in [0.25, 0.3) is 0 Å². The van der Waals surface area contributed by atoms with Crippen LogP contribution in [0, 0.1) is 0 Å². The van der Waals surface area contributed by atoms with Gasteiger partial charge in [0.2, 0.25) is 0 Å². The van der Waals surface area contributed by atoms with Gasteiger partial charge in [0.15, 0.2) is 0 Å². The Bertz CT molecular complexity index is 838. The summed E-state index contributed by atoms with van der Waals surface area (Å²) < 4.78 is 9.82. The molecule has 0 bridgehead atoms.